The molecule has 3 rings (SSSR count). The van der Waals surface area contributed by atoms with E-state index in [9.17, 15) is 18.0 Å². The van der Waals surface area contributed by atoms with Crippen LogP contribution in [0.4, 0.5) is 13.2 Å². The molecule has 1 aromatic carbocycles. The summed E-state index contributed by atoms with van der Waals surface area (Å²) in [5, 5.41) is 3.48. The average Bonchev–Trinajstić information content (AvgIpc) is 3.22. The summed E-state index contributed by atoms with van der Waals surface area (Å²) in [7, 11) is 1.86. The Morgan fingerprint density at radius 1 is 1.24 bits per heavy atom. The fourth-order valence-corrected chi connectivity index (χ4v) is 3.81. The lowest BCUT2D eigenvalue weighted by Crippen LogP contribution is -2.25. The van der Waals surface area contributed by atoms with E-state index in [1.807, 2.05) is 14.0 Å². The molecular weight excluding hydrogens is 439 g/mol. The molecular formula is C27H40F3N3O. The second-order valence-electron chi connectivity index (χ2n) is 9.09. The van der Waals surface area contributed by atoms with Gasteiger partial charge in [-0.25, -0.2) is 9.78 Å². The number of nitrogens with zero attached hydrogens (tertiary/aromatic N) is 2. The van der Waals surface area contributed by atoms with Gasteiger partial charge in [-0.2, -0.15) is 13.2 Å². The molecule has 0 spiro atoms. The van der Waals surface area contributed by atoms with Gasteiger partial charge in [0.1, 0.15) is 5.94 Å². The Kier molecular flexibility index (Phi) is 12.9. The number of aromatic nitrogens is 2. The summed E-state index contributed by atoms with van der Waals surface area (Å²) in [5.41, 5.74) is 1.72. The number of rotatable bonds is 3. The summed E-state index contributed by atoms with van der Waals surface area (Å²) in [5.74, 6) is 3.71. The van der Waals surface area contributed by atoms with Gasteiger partial charge in [-0.3, -0.25) is 0 Å². The molecule has 1 aliphatic heterocycles. The first-order chi connectivity index (χ1) is 16.0. The average molecular weight is 480 g/mol. The monoisotopic (exact) mass is 479 g/mol. The van der Waals surface area contributed by atoms with Crippen molar-refractivity contribution in [3.05, 3.63) is 53.1 Å². The Morgan fingerprint density at radius 3 is 2.44 bits per heavy atom. The largest absolute Gasteiger partial charge is 0.416 e. The van der Waals surface area contributed by atoms with Gasteiger partial charge in [0, 0.05) is 13.2 Å². The normalized spacial score (nSPS) is 18.3. The van der Waals surface area contributed by atoms with E-state index >= 15 is 0 Å². The van der Waals surface area contributed by atoms with E-state index in [4.69, 9.17) is 0 Å². The van der Waals surface area contributed by atoms with Crippen molar-refractivity contribution in [2.75, 3.05) is 13.1 Å². The maximum Gasteiger partial charge on any atom is 0.416 e. The molecule has 4 nitrogen and oxygen atoms in total. The summed E-state index contributed by atoms with van der Waals surface area (Å²) in [6, 6.07) is 4.46. The smallest absolute Gasteiger partial charge is 0.340 e. The van der Waals surface area contributed by atoms with Crippen LogP contribution in [0.25, 0.3) is 5.57 Å². The molecule has 0 aliphatic carbocycles. The van der Waals surface area contributed by atoms with Gasteiger partial charge in [-0.1, -0.05) is 39.3 Å². The van der Waals surface area contributed by atoms with E-state index in [1.54, 1.807) is 36.0 Å². The zero-order chi connectivity index (χ0) is 25.7. The van der Waals surface area contributed by atoms with Crippen molar-refractivity contribution in [1.82, 2.24) is 14.9 Å². The van der Waals surface area contributed by atoms with E-state index in [0.717, 1.165) is 17.4 Å². The Labute approximate surface area is 202 Å². The highest BCUT2D eigenvalue weighted by Crippen LogP contribution is 2.32. The molecule has 1 N–H and O–H groups in total. The Balaban J connectivity index is 0.000000257. The van der Waals surface area contributed by atoms with E-state index in [-0.39, 0.29) is 5.56 Å². The Bertz CT molecular complexity index is 914. The van der Waals surface area contributed by atoms with Gasteiger partial charge in [-0.05, 0) is 81.6 Å². The number of halogens is 3. The number of benzene rings is 1. The number of hydrogen-bond donors (Lipinski definition) is 1. The summed E-state index contributed by atoms with van der Waals surface area (Å²) < 4.78 is 38.9. The van der Waals surface area contributed by atoms with E-state index < -0.39 is 11.7 Å². The van der Waals surface area contributed by atoms with Gasteiger partial charge in [-0.15, -0.1) is 0 Å². The third-order valence-corrected chi connectivity index (χ3v) is 6.11. The van der Waals surface area contributed by atoms with E-state index in [2.05, 4.69) is 24.1 Å². The van der Waals surface area contributed by atoms with Crippen LogP contribution >= 0.6 is 0 Å². The molecule has 1 saturated heterocycles. The zero-order valence-corrected chi connectivity index (χ0v) is 21.4. The number of carbonyl (C=O) groups excluding carboxylic acids is 1. The van der Waals surface area contributed by atoms with Crippen LogP contribution in [0.3, 0.4) is 0 Å². The first-order valence-corrected chi connectivity index (χ1v) is 12.1. The molecule has 7 heteroatoms. The van der Waals surface area contributed by atoms with Gasteiger partial charge >= 0.3 is 6.18 Å². The Hall–Kier alpha value is -2.37. The summed E-state index contributed by atoms with van der Waals surface area (Å²) in [4.78, 5) is 14.1. The molecule has 0 amide bonds. The predicted molar refractivity (Wildman–Crippen MR) is 133 cm³/mol. The molecule has 34 heavy (non-hydrogen) atoms. The van der Waals surface area contributed by atoms with Crippen molar-refractivity contribution in [2.24, 2.45) is 18.9 Å². The van der Waals surface area contributed by atoms with Crippen LogP contribution in [-0.4, -0.2) is 28.6 Å². The number of allylic oxidation sites excluding steroid dienone is 1. The van der Waals surface area contributed by atoms with Crippen LogP contribution < -0.4 is 5.32 Å². The molecule has 1 fully saturated rings. The molecule has 2 unspecified atom stereocenters. The maximum absolute atomic E-state index is 12.4. The van der Waals surface area contributed by atoms with Crippen LogP contribution in [0.2, 0.25) is 0 Å². The van der Waals surface area contributed by atoms with Gasteiger partial charge in [0.25, 0.3) is 0 Å². The third-order valence-electron chi connectivity index (χ3n) is 6.11. The number of alkyl halides is 3. The summed E-state index contributed by atoms with van der Waals surface area (Å²) >= 11 is 0. The van der Waals surface area contributed by atoms with Crippen molar-refractivity contribution in [2.45, 2.75) is 72.9 Å². The molecule has 1 aliphatic rings. The molecule has 2 aromatic rings. The molecule has 2 heterocycles. The highest BCUT2D eigenvalue weighted by atomic mass is 19.4. The lowest BCUT2D eigenvalue weighted by Gasteiger charge is -2.23. The number of hydrogen-bond acceptors (Lipinski definition) is 3. The number of imidazole rings is 1. The van der Waals surface area contributed by atoms with Crippen LogP contribution in [0.15, 0.2) is 30.7 Å². The lowest BCUT2D eigenvalue weighted by atomic mass is 9.88. The Morgan fingerprint density at radius 2 is 1.91 bits per heavy atom. The maximum atomic E-state index is 12.4. The standard InChI is InChI=1S/C10H11F3.C10H21N.C7H8N2O/c1-3-8-5-4-7(2)9(6-8)10(11,12)13;1-3-10-5-7-11-6-4-9(2)8-10;1-6(4-10)7-3-9(2)5-8-7/h4-6H,3H2,1-2H3;9-11H,3-8H2,1-2H3;3,5H,1-2H3. The van der Waals surface area contributed by atoms with Crippen LogP contribution in [0.5, 0.6) is 0 Å². The van der Waals surface area contributed by atoms with Gasteiger partial charge in [0.05, 0.1) is 23.2 Å². The highest BCUT2D eigenvalue weighted by Gasteiger charge is 2.32. The molecule has 0 saturated carbocycles. The first kappa shape index (κ1) is 29.7. The quantitative estimate of drug-likeness (QED) is 0.501. The fraction of sp³-hybridized carbons (Fsp3) is 0.593. The lowest BCUT2D eigenvalue weighted by molar-refractivity contribution is -0.138. The first-order valence-electron chi connectivity index (χ1n) is 12.1. The topological polar surface area (TPSA) is 46.9 Å². The molecule has 190 valence electrons. The van der Waals surface area contributed by atoms with Crippen LogP contribution in [-0.2, 0) is 24.4 Å². The second kappa shape index (κ2) is 14.8. The van der Waals surface area contributed by atoms with Crippen molar-refractivity contribution < 1.29 is 18.0 Å². The SMILES string of the molecule is CC(=C=O)c1cn(C)cn1.CCC1CCNCCC(C)C1.CCc1ccc(C)c(C(F)(F)F)c1. The van der Waals surface area contributed by atoms with Gasteiger partial charge in [0.2, 0.25) is 0 Å². The van der Waals surface area contributed by atoms with Gasteiger partial charge in [0.15, 0.2) is 0 Å². The fourth-order valence-electron chi connectivity index (χ4n) is 3.81. The second-order valence-corrected chi connectivity index (χ2v) is 9.09. The van der Waals surface area contributed by atoms with Gasteiger partial charge < -0.3 is 9.88 Å². The van der Waals surface area contributed by atoms with Crippen LogP contribution in [0, 0.1) is 18.8 Å². The van der Waals surface area contributed by atoms with Crippen LogP contribution in [0.1, 0.15) is 75.8 Å². The number of nitrogens with one attached hydrogen (secondary N) is 1. The van der Waals surface area contributed by atoms with E-state index in [1.165, 1.54) is 57.8 Å². The minimum Gasteiger partial charge on any atom is -0.340 e. The number of aryl methyl sites for hydroxylation is 3. The minimum absolute atomic E-state index is 0.282. The zero-order valence-electron chi connectivity index (χ0n) is 21.4. The molecule has 0 radical (unpaired) electrons. The van der Waals surface area contributed by atoms with Crippen molar-refractivity contribution in [3.63, 3.8) is 0 Å². The third kappa shape index (κ3) is 10.7. The molecule has 0 bridgehead atoms. The van der Waals surface area contributed by atoms with E-state index in [0.29, 0.717) is 17.7 Å². The van der Waals surface area contributed by atoms with Crippen molar-refractivity contribution in [3.8, 4) is 0 Å². The highest BCUT2D eigenvalue weighted by molar-refractivity contribution is 5.84. The minimum atomic E-state index is -4.23. The molecule has 1 aromatic heterocycles. The van der Waals surface area contributed by atoms with Crippen molar-refractivity contribution in [1.29, 1.82) is 0 Å². The summed E-state index contributed by atoms with van der Waals surface area (Å²) in [6.07, 6.45) is 5.41. The molecule has 2 atom stereocenters. The van der Waals surface area contributed by atoms with Crippen molar-refractivity contribution >= 4 is 11.5 Å². The summed E-state index contributed by atoms with van der Waals surface area (Å²) in [6.45, 7) is 12.2. The predicted octanol–water partition coefficient (Wildman–Crippen LogP) is 6.65.